The number of ether oxygens (including phenoxy) is 2. The first-order valence-electron chi connectivity index (χ1n) is 9.32. The molecule has 2 N–H and O–H groups in total. The molecule has 0 saturated carbocycles. The molecule has 2 rings (SSSR count). The summed E-state index contributed by atoms with van der Waals surface area (Å²) in [5, 5.41) is 5.46. The summed E-state index contributed by atoms with van der Waals surface area (Å²) in [6.45, 7) is 5.62. The minimum absolute atomic E-state index is 0.0507. The molecule has 1 atom stereocenters. The first kappa shape index (κ1) is 21.9. The lowest BCUT2D eigenvalue weighted by Gasteiger charge is -2.13. The summed E-state index contributed by atoms with van der Waals surface area (Å²) in [4.78, 5) is 36.3. The van der Waals surface area contributed by atoms with Crippen molar-refractivity contribution in [2.75, 3.05) is 7.11 Å². The number of hydrogen-bond donors (Lipinski definition) is 2. The molecule has 7 nitrogen and oxygen atoms in total. The predicted octanol–water partition coefficient (Wildman–Crippen LogP) is 3.33. The van der Waals surface area contributed by atoms with Crippen molar-refractivity contribution in [1.29, 1.82) is 0 Å². The lowest BCUT2D eigenvalue weighted by molar-refractivity contribution is 0.0319. The van der Waals surface area contributed by atoms with Crippen molar-refractivity contribution >= 4 is 17.8 Å². The van der Waals surface area contributed by atoms with Gasteiger partial charge in [0.2, 0.25) is 5.78 Å². The summed E-state index contributed by atoms with van der Waals surface area (Å²) in [5.74, 6) is -0.239. The molecular weight excluding hydrogens is 372 g/mol. The Morgan fingerprint density at radius 1 is 0.897 bits per heavy atom. The number of rotatable bonds is 8. The third-order valence-corrected chi connectivity index (χ3v) is 4.09. The molecule has 2 aromatic rings. The number of carbonyl (C=O) groups excluding carboxylic acids is 3. The molecule has 0 unspecified atom stereocenters. The van der Waals surface area contributed by atoms with Crippen molar-refractivity contribution in [2.45, 2.75) is 39.5 Å². The van der Waals surface area contributed by atoms with Gasteiger partial charge in [-0.3, -0.25) is 4.79 Å². The third kappa shape index (κ3) is 6.64. The molecular formula is C22H26N2O5. The van der Waals surface area contributed by atoms with Gasteiger partial charge in [-0.25, -0.2) is 9.59 Å². The van der Waals surface area contributed by atoms with Gasteiger partial charge in [0.05, 0.1) is 12.7 Å². The quantitative estimate of drug-likeness (QED) is 0.525. The molecule has 154 valence electrons. The minimum atomic E-state index is -0.919. The van der Waals surface area contributed by atoms with Crippen LogP contribution in [0.1, 0.15) is 47.1 Å². The molecule has 0 heterocycles. The number of amides is 2. The molecule has 0 radical (unpaired) electrons. The van der Waals surface area contributed by atoms with E-state index in [2.05, 4.69) is 10.6 Å². The van der Waals surface area contributed by atoms with Crippen molar-refractivity contribution in [2.24, 2.45) is 0 Å². The Morgan fingerprint density at radius 2 is 1.48 bits per heavy atom. The Hall–Kier alpha value is -3.35. The molecule has 2 amide bonds. The highest BCUT2D eigenvalue weighted by Gasteiger charge is 2.20. The number of nitrogens with one attached hydrogen (secondary N) is 2. The Bertz CT molecular complexity index is 845. The highest BCUT2D eigenvalue weighted by atomic mass is 16.5. The maximum atomic E-state index is 12.4. The van der Waals surface area contributed by atoms with Crippen molar-refractivity contribution in [3.05, 3.63) is 65.2 Å². The molecule has 0 spiro atoms. The van der Waals surface area contributed by atoms with Gasteiger partial charge < -0.3 is 20.1 Å². The molecule has 0 aliphatic carbocycles. The maximum Gasteiger partial charge on any atom is 0.338 e. The zero-order valence-corrected chi connectivity index (χ0v) is 17.0. The monoisotopic (exact) mass is 398 g/mol. The van der Waals surface area contributed by atoms with Gasteiger partial charge in [-0.1, -0.05) is 12.1 Å². The molecule has 0 aromatic heterocycles. The SMILES string of the molecule is COc1ccc(C(=O)[C@H](C)OC(=O)c2ccc(CNC(=O)NC(C)C)cc2)cc1. The van der Waals surface area contributed by atoms with Gasteiger partial charge in [0.1, 0.15) is 5.75 Å². The number of ketones is 1. The first-order valence-corrected chi connectivity index (χ1v) is 9.32. The molecule has 7 heteroatoms. The van der Waals surface area contributed by atoms with Gasteiger partial charge in [0.25, 0.3) is 0 Å². The number of urea groups is 1. The highest BCUT2D eigenvalue weighted by molar-refractivity contribution is 6.01. The topological polar surface area (TPSA) is 93.7 Å². The van der Waals surface area contributed by atoms with Crippen molar-refractivity contribution in [3.63, 3.8) is 0 Å². The number of esters is 1. The first-order chi connectivity index (χ1) is 13.8. The Kier molecular flexibility index (Phi) is 7.77. The second-order valence-electron chi connectivity index (χ2n) is 6.82. The highest BCUT2D eigenvalue weighted by Crippen LogP contribution is 2.15. The lowest BCUT2D eigenvalue weighted by atomic mass is 10.1. The summed E-state index contributed by atoms with van der Waals surface area (Å²) in [6, 6.07) is 13.1. The van der Waals surface area contributed by atoms with Gasteiger partial charge in [0, 0.05) is 18.2 Å². The van der Waals surface area contributed by atoms with E-state index >= 15 is 0 Å². The van der Waals surface area contributed by atoms with Gasteiger partial charge in [0.15, 0.2) is 6.10 Å². The standard InChI is InChI=1S/C22H26N2O5/c1-14(2)24-22(27)23-13-16-5-7-18(8-6-16)21(26)29-15(3)20(25)17-9-11-19(28-4)12-10-17/h5-12,14-15H,13H2,1-4H3,(H2,23,24,27)/t15-/m0/s1. The molecule has 0 aliphatic heterocycles. The van der Waals surface area contributed by atoms with E-state index in [4.69, 9.17) is 9.47 Å². The largest absolute Gasteiger partial charge is 0.497 e. The predicted molar refractivity (Wildman–Crippen MR) is 109 cm³/mol. The maximum absolute atomic E-state index is 12.4. The van der Waals surface area contributed by atoms with E-state index in [1.165, 1.54) is 6.92 Å². The summed E-state index contributed by atoms with van der Waals surface area (Å²) >= 11 is 0. The molecule has 0 fully saturated rings. The van der Waals surface area contributed by atoms with Crippen LogP contribution in [0.3, 0.4) is 0 Å². The Labute approximate surface area is 170 Å². The van der Waals surface area contributed by atoms with E-state index < -0.39 is 12.1 Å². The zero-order valence-electron chi connectivity index (χ0n) is 17.0. The normalized spacial score (nSPS) is 11.5. The van der Waals surface area contributed by atoms with Gasteiger partial charge in [-0.2, -0.15) is 0 Å². The summed E-state index contributed by atoms with van der Waals surface area (Å²) in [6.07, 6.45) is -0.919. The smallest absolute Gasteiger partial charge is 0.338 e. The average molecular weight is 398 g/mol. The van der Waals surface area contributed by atoms with E-state index in [9.17, 15) is 14.4 Å². The van der Waals surface area contributed by atoms with Gasteiger partial charge >= 0.3 is 12.0 Å². The van der Waals surface area contributed by atoms with Crippen LogP contribution in [0.2, 0.25) is 0 Å². The number of Topliss-reactive ketones (excluding diaryl/α,β-unsaturated/α-hetero) is 1. The summed E-state index contributed by atoms with van der Waals surface area (Å²) in [7, 11) is 1.54. The Morgan fingerprint density at radius 3 is 2.03 bits per heavy atom. The van der Waals surface area contributed by atoms with Crippen LogP contribution in [0.4, 0.5) is 4.79 Å². The number of carbonyl (C=O) groups is 3. The van der Waals surface area contributed by atoms with Crippen molar-refractivity contribution in [1.82, 2.24) is 10.6 Å². The van der Waals surface area contributed by atoms with Crippen LogP contribution in [-0.4, -0.2) is 37.0 Å². The van der Waals surface area contributed by atoms with Crippen LogP contribution in [0, 0.1) is 0 Å². The van der Waals surface area contributed by atoms with E-state index in [-0.39, 0.29) is 17.9 Å². The molecule has 0 saturated heterocycles. The van der Waals surface area contributed by atoms with Gasteiger partial charge in [-0.05, 0) is 62.7 Å². The van der Waals surface area contributed by atoms with Crippen LogP contribution in [0.15, 0.2) is 48.5 Å². The molecule has 0 aliphatic rings. The summed E-state index contributed by atoms with van der Waals surface area (Å²) in [5.41, 5.74) is 1.60. The summed E-state index contributed by atoms with van der Waals surface area (Å²) < 4.78 is 10.4. The van der Waals surface area contributed by atoms with Crippen molar-refractivity contribution < 1.29 is 23.9 Å². The lowest BCUT2D eigenvalue weighted by Crippen LogP contribution is -2.39. The van der Waals surface area contributed by atoms with E-state index in [1.54, 1.807) is 55.6 Å². The van der Waals surface area contributed by atoms with Crippen LogP contribution in [0.25, 0.3) is 0 Å². The van der Waals surface area contributed by atoms with Crippen LogP contribution < -0.4 is 15.4 Å². The number of methoxy groups -OCH3 is 1. The second kappa shape index (κ2) is 10.3. The van der Waals surface area contributed by atoms with E-state index in [1.807, 2.05) is 13.8 Å². The third-order valence-electron chi connectivity index (χ3n) is 4.09. The number of hydrogen-bond acceptors (Lipinski definition) is 5. The minimum Gasteiger partial charge on any atom is -0.497 e. The van der Waals surface area contributed by atoms with Crippen LogP contribution >= 0.6 is 0 Å². The fraction of sp³-hybridized carbons (Fsp3) is 0.318. The molecule has 29 heavy (non-hydrogen) atoms. The average Bonchev–Trinajstić information content (AvgIpc) is 2.71. The Balaban J connectivity index is 1.90. The van der Waals surface area contributed by atoms with E-state index in [0.29, 0.717) is 23.4 Å². The fourth-order valence-electron chi connectivity index (χ4n) is 2.53. The molecule has 0 bridgehead atoms. The van der Waals surface area contributed by atoms with Gasteiger partial charge in [-0.15, -0.1) is 0 Å². The van der Waals surface area contributed by atoms with Crippen molar-refractivity contribution in [3.8, 4) is 5.75 Å². The number of benzene rings is 2. The zero-order chi connectivity index (χ0) is 21.4. The van der Waals surface area contributed by atoms with Crippen LogP contribution in [0.5, 0.6) is 5.75 Å². The van der Waals surface area contributed by atoms with Crippen LogP contribution in [-0.2, 0) is 11.3 Å². The fourth-order valence-corrected chi connectivity index (χ4v) is 2.53. The second-order valence-corrected chi connectivity index (χ2v) is 6.82. The van der Waals surface area contributed by atoms with E-state index in [0.717, 1.165) is 5.56 Å². The molecule has 2 aromatic carbocycles.